The predicted octanol–water partition coefficient (Wildman–Crippen LogP) is 4.12. The molecule has 2 heterocycles. The van der Waals surface area contributed by atoms with E-state index in [1.54, 1.807) is 11.3 Å². The standard InChI is InChI=1S/C12H17N3S2/c1-3-6-9(10-7-5-8-16-10)13-12-14-11(4-2)15-17-12/h5,7-9H,3-4,6H2,1-2H3,(H,13,14,15). The summed E-state index contributed by atoms with van der Waals surface area (Å²) in [6.45, 7) is 4.29. The van der Waals surface area contributed by atoms with Crippen LogP contribution in [0.1, 0.15) is 43.4 Å². The molecule has 92 valence electrons. The molecule has 1 atom stereocenters. The molecule has 2 aromatic heterocycles. The van der Waals surface area contributed by atoms with Crippen LogP contribution in [0.2, 0.25) is 0 Å². The van der Waals surface area contributed by atoms with Crippen LogP contribution < -0.4 is 5.32 Å². The minimum Gasteiger partial charge on any atom is -0.353 e. The lowest BCUT2D eigenvalue weighted by Crippen LogP contribution is -2.08. The Kier molecular flexibility index (Phi) is 4.50. The van der Waals surface area contributed by atoms with Crippen LogP contribution in [0.15, 0.2) is 17.5 Å². The average Bonchev–Trinajstić information content (AvgIpc) is 2.99. The molecule has 0 aliphatic rings. The van der Waals surface area contributed by atoms with Gasteiger partial charge in [0.05, 0.1) is 6.04 Å². The van der Waals surface area contributed by atoms with Gasteiger partial charge >= 0.3 is 0 Å². The molecule has 0 aliphatic carbocycles. The van der Waals surface area contributed by atoms with E-state index in [0.29, 0.717) is 6.04 Å². The Hall–Kier alpha value is -0.940. The molecular weight excluding hydrogens is 250 g/mol. The van der Waals surface area contributed by atoms with Gasteiger partial charge in [-0.25, -0.2) is 4.98 Å². The topological polar surface area (TPSA) is 37.8 Å². The zero-order chi connectivity index (χ0) is 12.1. The van der Waals surface area contributed by atoms with E-state index in [4.69, 9.17) is 0 Å². The Morgan fingerprint density at radius 3 is 2.88 bits per heavy atom. The maximum absolute atomic E-state index is 4.46. The van der Waals surface area contributed by atoms with Crippen molar-refractivity contribution in [2.45, 2.75) is 39.2 Å². The lowest BCUT2D eigenvalue weighted by Gasteiger charge is -2.15. The fourth-order valence-corrected chi connectivity index (χ4v) is 3.18. The van der Waals surface area contributed by atoms with Gasteiger partial charge < -0.3 is 5.32 Å². The van der Waals surface area contributed by atoms with Gasteiger partial charge in [-0.05, 0) is 17.9 Å². The lowest BCUT2D eigenvalue weighted by molar-refractivity contribution is 0.686. The number of hydrogen-bond donors (Lipinski definition) is 1. The van der Waals surface area contributed by atoms with E-state index in [1.165, 1.54) is 16.4 Å². The molecule has 0 amide bonds. The fourth-order valence-electron chi connectivity index (χ4n) is 1.67. The van der Waals surface area contributed by atoms with Gasteiger partial charge in [-0.3, -0.25) is 0 Å². The molecule has 1 N–H and O–H groups in total. The zero-order valence-corrected chi connectivity index (χ0v) is 11.8. The summed E-state index contributed by atoms with van der Waals surface area (Å²) < 4.78 is 4.30. The highest BCUT2D eigenvalue weighted by Crippen LogP contribution is 2.28. The van der Waals surface area contributed by atoms with Gasteiger partial charge in [-0.15, -0.1) is 11.3 Å². The maximum Gasteiger partial charge on any atom is 0.203 e. The van der Waals surface area contributed by atoms with E-state index in [9.17, 15) is 0 Å². The van der Waals surface area contributed by atoms with E-state index < -0.39 is 0 Å². The van der Waals surface area contributed by atoms with Crippen molar-refractivity contribution in [3.8, 4) is 0 Å². The molecule has 0 saturated carbocycles. The first kappa shape index (κ1) is 12.5. The van der Waals surface area contributed by atoms with E-state index in [0.717, 1.165) is 30.2 Å². The highest BCUT2D eigenvalue weighted by atomic mass is 32.1. The van der Waals surface area contributed by atoms with Gasteiger partial charge in [0.15, 0.2) is 0 Å². The van der Waals surface area contributed by atoms with Crippen molar-refractivity contribution < 1.29 is 0 Å². The molecule has 0 aromatic carbocycles. The molecule has 0 aliphatic heterocycles. The predicted molar refractivity (Wildman–Crippen MR) is 74.9 cm³/mol. The summed E-state index contributed by atoms with van der Waals surface area (Å²) in [7, 11) is 0. The van der Waals surface area contributed by atoms with Gasteiger partial charge in [-0.1, -0.05) is 26.3 Å². The van der Waals surface area contributed by atoms with E-state index in [-0.39, 0.29) is 0 Å². The van der Waals surface area contributed by atoms with Crippen molar-refractivity contribution in [1.82, 2.24) is 9.36 Å². The molecule has 0 fully saturated rings. The molecule has 1 unspecified atom stereocenters. The molecule has 5 heteroatoms. The van der Waals surface area contributed by atoms with Gasteiger partial charge in [0.1, 0.15) is 5.82 Å². The Morgan fingerprint density at radius 1 is 1.41 bits per heavy atom. The first-order valence-electron chi connectivity index (χ1n) is 5.96. The van der Waals surface area contributed by atoms with Crippen molar-refractivity contribution in [1.29, 1.82) is 0 Å². The number of thiophene rings is 1. The molecule has 0 bridgehead atoms. The minimum absolute atomic E-state index is 0.373. The Morgan fingerprint density at radius 2 is 2.29 bits per heavy atom. The number of nitrogens with zero attached hydrogens (tertiary/aromatic N) is 2. The Bertz CT molecular complexity index is 436. The third kappa shape index (κ3) is 3.26. The normalized spacial score (nSPS) is 12.6. The third-order valence-electron chi connectivity index (χ3n) is 2.55. The molecule has 0 radical (unpaired) electrons. The summed E-state index contributed by atoms with van der Waals surface area (Å²) in [5, 5.41) is 6.55. The average molecular weight is 267 g/mol. The van der Waals surface area contributed by atoms with Crippen molar-refractivity contribution in [2.24, 2.45) is 0 Å². The van der Waals surface area contributed by atoms with Crippen LogP contribution in [-0.4, -0.2) is 9.36 Å². The maximum atomic E-state index is 4.46. The number of anilines is 1. The summed E-state index contributed by atoms with van der Waals surface area (Å²) in [5.41, 5.74) is 0. The highest BCUT2D eigenvalue weighted by molar-refractivity contribution is 7.10. The van der Waals surface area contributed by atoms with Crippen LogP contribution in [0.4, 0.5) is 5.13 Å². The Balaban J connectivity index is 2.07. The first-order chi connectivity index (χ1) is 8.33. The third-order valence-corrected chi connectivity index (χ3v) is 4.22. The van der Waals surface area contributed by atoms with Crippen molar-refractivity contribution in [2.75, 3.05) is 5.32 Å². The van der Waals surface area contributed by atoms with Crippen LogP contribution in [0.5, 0.6) is 0 Å². The SMILES string of the molecule is CCCC(Nc1nc(CC)ns1)c1cccs1. The Labute approximate surface area is 110 Å². The number of rotatable bonds is 6. The number of aryl methyl sites for hydroxylation is 1. The highest BCUT2D eigenvalue weighted by Gasteiger charge is 2.13. The van der Waals surface area contributed by atoms with Crippen LogP contribution in [-0.2, 0) is 6.42 Å². The van der Waals surface area contributed by atoms with E-state index in [1.807, 2.05) is 0 Å². The number of nitrogens with one attached hydrogen (secondary N) is 1. The van der Waals surface area contributed by atoms with Gasteiger partial charge in [0, 0.05) is 22.8 Å². The van der Waals surface area contributed by atoms with Crippen molar-refractivity contribution in [3.63, 3.8) is 0 Å². The molecule has 0 spiro atoms. The summed E-state index contributed by atoms with van der Waals surface area (Å²) >= 11 is 3.25. The quantitative estimate of drug-likeness (QED) is 0.855. The smallest absolute Gasteiger partial charge is 0.203 e. The minimum atomic E-state index is 0.373. The number of aromatic nitrogens is 2. The molecule has 2 rings (SSSR count). The monoisotopic (exact) mass is 267 g/mol. The van der Waals surface area contributed by atoms with Crippen molar-refractivity contribution >= 4 is 28.0 Å². The molecule has 3 nitrogen and oxygen atoms in total. The summed E-state index contributed by atoms with van der Waals surface area (Å²) in [6, 6.07) is 4.65. The van der Waals surface area contributed by atoms with Crippen LogP contribution >= 0.6 is 22.9 Å². The van der Waals surface area contributed by atoms with Gasteiger partial charge in [-0.2, -0.15) is 4.37 Å². The molecule has 0 saturated heterocycles. The lowest BCUT2D eigenvalue weighted by atomic mass is 10.1. The van der Waals surface area contributed by atoms with Gasteiger partial charge in [0.2, 0.25) is 5.13 Å². The second-order valence-electron chi connectivity index (χ2n) is 3.87. The molecule has 2 aromatic rings. The second kappa shape index (κ2) is 6.12. The van der Waals surface area contributed by atoms with Crippen LogP contribution in [0, 0.1) is 0 Å². The van der Waals surface area contributed by atoms with Crippen molar-refractivity contribution in [3.05, 3.63) is 28.2 Å². The van der Waals surface area contributed by atoms with E-state index >= 15 is 0 Å². The molecular formula is C12H17N3S2. The van der Waals surface area contributed by atoms with Crippen LogP contribution in [0.25, 0.3) is 0 Å². The van der Waals surface area contributed by atoms with E-state index in [2.05, 4.69) is 46.0 Å². The number of hydrogen-bond acceptors (Lipinski definition) is 5. The summed E-state index contributed by atoms with van der Waals surface area (Å²) in [4.78, 5) is 5.84. The summed E-state index contributed by atoms with van der Waals surface area (Å²) in [5.74, 6) is 0.930. The largest absolute Gasteiger partial charge is 0.353 e. The zero-order valence-electron chi connectivity index (χ0n) is 10.1. The summed E-state index contributed by atoms with van der Waals surface area (Å²) in [6.07, 6.45) is 3.19. The molecule has 17 heavy (non-hydrogen) atoms. The van der Waals surface area contributed by atoms with Gasteiger partial charge in [0.25, 0.3) is 0 Å². The fraction of sp³-hybridized carbons (Fsp3) is 0.500. The van der Waals surface area contributed by atoms with Crippen LogP contribution in [0.3, 0.4) is 0 Å². The second-order valence-corrected chi connectivity index (χ2v) is 5.60. The first-order valence-corrected chi connectivity index (χ1v) is 7.61.